The maximum Gasteiger partial charge on any atom is 0.274 e. The van der Waals surface area contributed by atoms with Gasteiger partial charge in [-0.1, -0.05) is 23.4 Å². The molecule has 1 saturated carbocycles. The van der Waals surface area contributed by atoms with Crippen molar-refractivity contribution in [3.63, 3.8) is 0 Å². The number of pyridine rings is 1. The molecule has 1 atom stereocenters. The van der Waals surface area contributed by atoms with E-state index in [9.17, 15) is 13.6 Å². The van der Waals surface area contributed by atoms with Gasteiger partial charge in [-0.25, -0.2) is 13.8 Å². The zero-order valence-corrected chi connectivity index (χ0v) is 15.3. The standard InChI is InChI=1S/C20H15F2N5O2/c1-11-5-6-12(17-25-19(29-26-17)13-9-20(13,21)22)8-14(11)24-18(28)15-10-23-16-4-2-3-7-27(15)16/h2-8,10,13H,9H2,1H3,(H,24,28)/t13-/m1/s1. The van der Waals surface area contributed by atoms with E-state index in [1.165, 1.54) is 6.20 Å². The Bertz CT molecular complexity index is 1250. The lowest BCUT2D eigenvalue weighted by molar-refractivity contribution is 0.102. The van der Waals surface area contributed by atoms with Crippen LogP contribution in [0, 0.1) is 6.92 Å². The van der Waals surface area contributed by atoms with Gasteiger partial charge in [-0.3, -0.25) is 9.20 Å². The van der Waals surface area contributed by atoms with E-state index in [0.717, 1.165) is 5.56 Å². The van der Waals surface area contributed by atoms with Gasteiger partial charge in [0.05, 0.1) is 6.20 Å². The molecule has 1 N–H and O–H groups in total. The number of benzene rings is 1. The molecule has 3 aromatic heterocycles. The van der Waals surface area contributed by atoms with E-state index in [2.05, 4.69) is 20.4 Å². The molecule has 1 aliphatic rings. The molecule has 4 aromatic rings. The SMILES string of the molecule is Cc1ccc(-c2noc([C@H]3CC3(F)F)n2)cc1NC(=O)c1cnc2ccccn12. The summed E-state index contributed by atoms with van der Waals surface area (Å²) >= 11 is 0. The molecule has 1 fully saturated rings. The summed E-state index contributed by atoms with van der Waals surface area (Å²) in [4.78, 5) is 21.1. The van der Waals surface area contributed by atoms with Crippen LogP contribution in [-0.4, -0.2) is 31.4 Å². The van der Waals surface area contributed by atoms with E-state index in [0.29, 0.717) is 22.6 Å². The van der Waals surface area contributed by atoms with Gasteiger partial charge in [-0.15, -0.1) is 0 Å². The van der Waals surface area contributed by atoms with E-state index in [4.69, 9.17) is 4.52 Å². The first-order chi connectivity index (χ1) is 13.9. The van der Waals surface area contributed by atoms with Crippen LogP contribution in [0.4, 0.5) is 14.5 Å². The molecule has 0 spiro atoms. The average Bonchev–Trinajstić information content (AvgIpc) is 3.10. The lowest BCUT2D eigenvalue weighted by Crippen LogP contribution is -2.15. The van der Waals surface area contributed by atoms with Gasteiger partial charge in [0, 0.05) is 23.9 Å². The van der Waals surface area contributed by atoms with E-state index < -0.39 is 11.8 Å². The van der Waals surface area contributed by atoms with Crippen molar-refractivity contribution < 1.29 is 18.1 Å². The van der Waals surface area contributed by atoms with Crippen LogP contribution in [0.2, 0.25) is 0 Å². The Morgan fingerprint density at radius 3 is 2.93 bits per heavy atom. The van der Waals surface area contributed by atoms with Gasteiger partial charge in [0.2, 0.25) is 11.7 Å². The zero-order chi connectivity index (χ0) is 20.2. The normalized spacial score (nSPS) is 17.4. The summed E-state index contributed by atoms with van der Waals surface area (Å²) in [6.45, 7) is 1.85. The summed E-state index contributed by atoms with van der Waals surface area (Å²) in [6.07, 6.45) is 2.99. The number of aromatic nitrogens is 4. The van der Waals surface area contributed by atoms with E-state index in [1.54, 1.807) is 34.9 Å². The number of hydrogen-bond acceptors (Lipinski definition) is 5. The number of halogens is 2. The molecule has 0 unspecified atom stereocenters. The minimum atomic E-state index is -2.77. The molecule has 0 aliphatic heterocycles. The van der Waals surface area contributed by atoms with Crippen LogP contribution < -0.4 is 5.32 Å². The molecule has 5 rings (SSSR count). The van der Waals surface area contributed by atoms with Crippen LogP contribution in [0.25, 0.3) is 17.0 Å². The van der Waals surface area contributed by atoms with E-state index in [1.807, 2.05) is 19.1 Å². The van der Waals surface area contributed by atoms with Crippen molar-refractivity contribution in [3.05, 3.63) is 65.9 Å². The van der Waals surface area contributed by atoms with Crippen LogP contribution >= 0.6 is 0 Å². The Labute approximate surface area is 163 Å². The number of carbonyl (C=O) groups excluding carboxylic acids is 1. The first-order valence-electron chi connectivity index (χ1n) is 8.98. The number of carbonyl (C=O) groups is 1. The number of alkyl halides is 2. The summed E-state index contributed by atoms with van der Waals surface area (Å²) in [7, 11) is 0. The maximum absolute atomic E-state index is 13.2. The van der Waals surface area contributed by atoms with Gasteiger partial charge in [0.15, 0.2) is 0 Å². The van der Waals surface area contributed by atoms with Gasteiger partial charge < -0.3 is 9.84 Å². The van der Waals surface area contributed by atoms with Gasteiger partial charge in [0.1, 0.15) is 17.3 Å². The Morgan fingerprint density at radius 1 is 1.31 bits per heavy atom. The Morgan fingerprint density at radius 2 is 2.14 bits per heavy atom. The maximum atomic E-state index is 13.2. The Kier molecular flexibility index (Phi) is 3.73. The molecule has 1 amide bonds. The van der Waals surface area contributed by atoms with Crippen molar-refractivity contribution in [2.75, 3.05) is 5.32 Å². The predicted molar refractivity (Wildman–Crippen MR) is 99.9 cm³/mol. The number of nitrogens with one attached hydrogen (secondary N) is 1. The molecule has 7 nitrogen and oxygen atoms in total. The summed E-state index contributed by atoms with van der Waals surface area (Å²) in [5.74, 6) is -3.97. The van der Waals surface area contributed by atoms with Crippen LogP contribution in [0.5, 0.6) is 0 Å². The molecule has 9 heteroatoms. The number of aryl methyl sites for hydroxylation is 1. The summed E-state index contributed by atoms with van der Waals surface area (Å²) in [6, 6.07) is 10.7. The van der Waals surface area contributed by atoms with E-state index >= 15 is 0 Å². The molecule has 1 aliphatic carbocycles. The van der Waals surface area contributed by atoms with Crippen LogP contribution in [0.3, 0.4) is 0 Å². The fraction of sp³-hybridized carbons (Fsp3) is 0.200. The third kappa shape index (κ3) is 3.04. The van der Waals surface area contributed by atoms with Gasteiger partial charge >= 0.3 is 0 Å². The summed E-state index contributed by atoms with van der Waals surface area (Å²) in [5, 5.41) is 6.67. The van der Waals surface area contributed by atoms with Crippen molar-refractivity contribution in [2.45, 2.75) is 25.2 Å². The third-order valence-corrected chi connectivity index (χ3v) is 4.96. The number of anilines is 1. The monoisotopic (exact) mass is 395 g/mol. The Hall–Kier alpha value is -3.62. The van der Waals surface area contributed by atoms with Crippen molar-refractivity contribution in [1.29, 1.82) is 0 Å². The lowest BCUT2D eigenvalue weighted by atomic mass is 10.1. The van der Waals surface area contributed by atoms with Crippen molar-refractivity contribution in [1.82, 2.24) is 19.5 Å². The Balaban J connectivity index is 1.42. The molecule has 0 saturated heterocycles. The number of imidazole rings is 1. The van der Waals surface area contributed by atoms with Crippen LogP contribution in [0.15, 0.2) is 53.3 Å². The fourth-order valence-electron chi connectivity index (χ4n) is 3.16. The van der Waals surface area contributed by atoms with Crippen molar-refractivity contribution >= 4 is 17.2 Å². The number of amides is 1. The highest BCUT2D eigenvalue weighted by molar-refractivity contribution is 6.04. The second-order valence-electron chi connectivity index (χ2n) is 7.03. The molecule has 146 valence electrons. The molecule has 1 aromatic carbocycles. The molecule has 29 heavy (non-hydrogen) atoms. The fourth-order valence-corrected chi connectivity index (χ4v) is 3.16. The molecule has 0 radical (unpaired) electrons. The number of rotatable bonds is 4. The highest BCUT2D eigenvalue weighted by Crippen LogP contribution is 2.55. The zero-order valence-electron chi connectivity index (χ0n) is 15.3. The van der Waals surface area contributed by atoms with Crippen LogP contribution in [-0.2, 0) is 0 Å². The molecule has 0 bridgehead atoms. The van der Waals surface area contributed by atoms with Crippen molar-refractivity contribution in [2.24, 2.45) is 0 Å². The van der Waals surface area contributed by atoms with E-state index in [-0.39, 0.29) is 24.0 Å². The van der Waals surface area contributed by atoms with Gasteiger partial charge in [-0.05, 0) is 30.7 Å². The van der Waals surface area contributed by atoms with Crippen molar-refractivity contribution in [3.8, 4) is 11.4 Å². The van der Waals surface area contributed by atoms with Crippen LogP contribution in [0.1, 0.15) is 34.3 Å². The third-order valence-electron chi connectivity index (χ3n) is 4.96. The second-order valence-corrected chi connectivity index (χ2v) is 7.03. The highest BCUT2D eigenvalue weighted by atomic mass is 19.3. The number of fused-ring (bicyclic) bond motifs is 1. The summed E-state index contributed by atoms with van der Waals surface area (Å²) in [5.41, 5.74) is 3.00. The topological polar surface area (TPSA) is 85.3 Å². The highest BCUT2D eigenvalue weighted by Gasteiger charge is 2.61. The minimum absolute atomic E-state index is 0.0677. The second kappa shape index (κ2) is 6.20. The molecular formula is C20H15F2N5O2. The number of hydrogen-bond donors (Lipinski definition) is 1. The first-order valence-corrected chi connectivity index (χ1v) is 8.98. The number of nitrogens with zero attached hydrogens (tertiary/aromatic N) is 4. The van der Waals surface area contributed by atoms with Gasteiger partial charge in [-0.2, -0.15) is 4.98 Å². The summed E-state index contributed by atoms with van der Waals surface area (Å²) < 4.78 is 33.1. The van der Waals surface area contributed by atoms with Gasteiger partial charge in [0.25, 0.3) is 11.8 Å². The predicted octanol–water partition coefficient (Wildman–Crippen LogP) is 4.07. The minimum Gasteiger partial charge on any atom is -0.338 e. The first kappa shape index (κ1) is 17.5. The lowest BCUT2D eigenvalue weighted by Gasteiger charge is -2.09. The molecular weight excluding hydrogens is 380 g/mol. The molecule has 3 heterocycles. The largest absolute Gasteiger partial charge is 0.338 e. The average molecular weight is 395 g/mol. The quantitative estimate of drug-likeness (QED) is 0.563. The smallest absolute Gasteiger partial charge is 0.274 e.